The third-order valence-corrected chi connectivity index (χ3v) is 16.5. The number of furan rings is 1. The number of hydrogen-bond acceptors (Lipinski definition) is 7. The van der Waals surface area contributed by atoms with E-state index in [1.165, 1.54) is 11.8 Å². The Kier molecular flexibility index (Phi) is 11.7. The van der Waals surface area contributed by atoms with Gasteiger partial charge in [0.05, 0.1) is 23.3 Å². The first-order chi connectivity index (χ1) is 20.9. The third-order valence-electron chi connectivity index (χ3n) is 8.34. The molecule has 4 aromatic rings. The fourth-order valence-electron chi connectivity index (χ4n) is 6.44. The van der Waals surface area contributed by atoms with Crippen LogP contribution in [0.1, 0.15) is 68.1 Å². The Labute approximate surface area is 271 Å². The number of rotatable bonds is 15. The molecule has 0 spiro atoms. The maximum absolute atomic E-state index is 7.00. The van der Waals surface area contributed by atoms with Gasteiger partial charge in [0.15, 0.2) is 13.5 Å². The average Bonchev–Trinajstić information content (AvgIpc) is 3.58. The first-order valence-corrected chi connectivity index (χ1v) is 20.4. The number of ether oxygens (including phenoxy) is 1. The third kappa shape index (κ3) is 7.93. The second-order valence-electron chi connectivity index (χ2n) is 13.4. The van der Waals surface area contributed by atoms with Crippen LogP contribution in [0.3, 0.4) is 0 Å². The lowest BCUT2D eigenvalue weighted by atomic mass is 10.1. The molecule has 2 radical (unpaired) electrons. The summed E-state index contributed by atoms with van der Waals surface area (Å²) in [5.41, 5.74) is 6.00. The van der Waals surface area contributed by atoms with Crippen molar-refractivity contribution in [2.24, 2.45) is 0 Å². The van der Waals surface area contributed by atoms with E-state index < -0.39 is 8.32 Å². The predicted molar refractivity (Wildman–Crippen MR) is 187 cm³/mol. The van der Waals surface area contributed by atoms with Crippen molar-refractivity contribution in [2.75, 3.05) is 19.5 Å². The lowest BCUT2D eigenvalue weighted by Crippen LogP contribution is -2.48. The minimum atomic E-state index is -2.03. The molecule has 3 aromatic heterocycles. The summed E-state index contributed by atoms with van der Waals surface area (Å²) in [6.45, 7) is 22.6. The van der Waals surface area contributed by atoms with E-state index in [1.54, 1.807) is 6.26 Å². The van der Waals surface area contributed by atoms with Crippen LogP contribution in [0.2, 0.25) is 27.7 Å². The Bertz CT molecular complexity index is 1490. The monoisotopic (exact) mass is 650 g/mol. The highest BCUT2D eigenvalue weighted by Gasteiger charge is 2.45. The minimum Gasteiger partial charge on any atom is -0.464 e. The topological polar surface area (TPSA) is 75.2 Å². The van der Waals surface area contributed by atoms with E-state index in [0.29, 0.717) is 48.0 Å². The average molecular weight is 651 g/mol. The number of thioether (sulfide) groups is 1. The highest BCUT2D eigenvalue weighted by atomic mass is 32.2. The SMILES string of the molecule is CSc1nccc(-c2c(-c3ccc4ccoc4c3)nc(CCO[Si](C(C)C)(C(C)C)C(C)C)n2COCC[Si]C(C)(C)C)n1. The van der Waals surface area contributed by atoms with Gasteiger partial charge in [-0.3, -0.25) is 0 Å². The molecule has 3 heterocycles. The molecule has 0 saturated carbocycles. The van der Waals surface area contributed by atoms with Crippen LogP contribution in [0.25, 0.3) is 33.6 Å². The number of aromatic nitrogens is 4. The van der Waals surface area contributed by atoms with Gasteiger partial charge >= 0.3 is 0 Å². The van der Waals surface area contributed by atoms with Gasteiger partial charge in [-0.1, -0.05) is 86.2 Å². The summed E-state index contributed by atoms with van der Waals surface area (Å²) in [5.74, 6) is 0.941. The van der Waals surface area contributed by atoms with Crippen LogP contribution >= 0.6 is 11.8 Å². The fourth-order valence-corrected chi connectivity index (χ4v) is 13.2. The molecule has 0 aliphatic carbocycles. The van der Waals surface area contributed by atoms with E-state index in [1.807, 2.05) is 24.6 Å². The number of fused-ring (bicyclic) bond motifs is 1. The molecule has 7 nitrogen and oxygen atoms in total. The molecule has 0 saturated heterocycles. The van der Waals surface area contributed by atoms with Crippen molar-refractivity contribution < 1.29 is 13.6 Å². The van der Waals surface area contributed by atoms with Gasteiger partial charge in [0.25, 0.3) is 0 Å². The van der Waals surface area contributed by atoms with E-state index in [0.717, 1.165) is 60.2 Å². The van der Waals surface area contributed by atoms with Crippen LogP contribution in [0.15, 0.2) is 52.4 Å². The Morgan fingerprint density at radius 3 is 2.36 bits per heavy atom. The Hall–Kier alpha value is -2.25. The van der Waals surface area contributed by atoms with Gasteiger partial charge in [0.2, 0.25) is 0 Å². The second-order valence-corrected chi connectivity index (χ2v) is 22.0. The summed E-state index contributed by atoms with van der Waals surface area (Å²) in [6.07, 6.45) is 6.24. The van der Waals surface area contributed by atoms with Crippen LogP contribution in [0.5, 0.6) is 0 Å². The molecule has 0 atom stereocenters. The van der Waals surface area contributed by atoms with Crippen molar-refractivity contribution in [1.29, 1.82) is 0 Å². The zero-order valence-corrected chi connectivity index (χ0v) is 31.0. The van der Waals surface area contributed by atoms with Crippen LogP contribution in [0.4, 0.5) is 0 Å². The largest absolute Gasteiger partial charge is 0.464 e. The molecule has 1 aromatic carbocycles. The molecule has 0 aliphatic rings. The highest BCUT2D eigenvalue weighted by molar-refractivity contribution is 7.98. The van der Waals surface area contributed by atoms with Crippen molar-refractivity contribution >= 4 is 40.6 Å². The molecule has 10 heteroatoms. The highest BCUT2D eigenvalue weighted by Crippen LogP contribution is 2.42. The van der Waals surface area contributed by atoms with Gasteiger partial charge in [-0.05, 0) is 52.2 Å². The maximum Gasteiger partial charge on any atom is 0.200 e. The fraction of sp³-hybridized carbons (Fsp3) is 0.559. The van der Waals surface area contributed by atoms with Gasteiger partial charge in [-0.25, -0.2) is 15.0 Å². The van der Waals surface area contributed by atoms with E-state index in [-0.39, 0.29) is 0 Å². The van der Waals surface area contributed by atoms with Crippen LogP contribution in [-0.2, 0) is 22.3 Å². The van der Waals surface area contributed by atoms with E-state index >= 15 is 0 Å². The van der Waals surface area contributed by atoms with Crippen molar-refractivity contribution in [2.45, 2.75) is 108 Å². The quantitative estimate of drug-likeness (QED) is 0.0549. The molecule has 0 unspecified atom stereocenters. The molecule has 0 bridgehead atoms. The Morgan fingerprint density at radius 1 is 0.977 bits per heavy atom. The summed E-state index contributed by atoms with van der Waals surface area (Å²) in [7, 11) is -1.19. The zero-order chi connectivity index (χ0) is 32.1. The standard InChI is InChI=1S/C34H50N4O3SSi2/c1-23(2)44(24(3)4,25(5)6)41-18-15-30-37-31(27-12-11-26-14-17-40-29(26)21-27)32(28-13-16-35-33(36-28)42-10)38(30)22-39-19-20-43-34(7,8)9/h11-14,16-17,21,23-25H,15,18-20,22H2,1-10H3. The molecule has 44 heavy (non-hydrogen) atoms. The summed E-state index contributed by atoms with van der Waals surface area (Å²) in [6, 6.07) is 11.3. The van der Waals surface area contributed by atoms with Crippen LogP contribution < -0.4 is 0 Å². The normalized spacial score (nSPS) is 12.8. The molecular formula is C34H50N4O3SSi2. The van der Waals surface area contributed by atoms with Gasteiger partial charge in [-0.15, -0.1) is 0 Å². The maximum atomic E-state index is 7.00. The van der Waals surface area contributed by atoms with Gasteiger partial charge < -0.3 is 18.1 Å². The number of imidazole rings is 1. The summed E-state index contributed by atoms with van der Waals surface area (Å²) >= 11 is 1.53. The molecular weight excluding hydrogens is 601 g/mol. The Morgan fingerprint density at radius 2 is 1.70 bits per heavy atom. The summed E-state index contributed by atoms with van der Waals surface area (Å²) in [5, 5.41) is 2.09. The van der Waals surface area contributed by atoms with Crippen molar-refractivity contribution in [3.8, 4) is 22.6 Å². The lowest BCUT2D eigenvalue weighted by molar-refractivity contribution is 0.0860. The van der Waals surface area contributed by atoms with E-state index in [4.69, 9.17) is 23.5 Å². The summed E-state index contributed by atoms with van der Waals surface area (Å²) < 4.78 is 21.4. The summed E-state index contributed by atoms with van der Waals surface area (Å²) in [4.78, 5) is 14.7. The van der Waals surface area contributed by atoms with E-state index in [2.05, 4.69) is 90.1 Å². The van der Waals surface area contributed by atoms with Gasteiger partial charge in [0.1, 0.15) is 18.1 Å². The molecule has 0 N–H and O–H groups in total. The second kappa shape index (κ2) is 14.9. The smallest absolute Gasteiger partial charge is 0.200 e. The molecule has 0 aliphatic heterocycles. The van der Waals surface area contributed by atoms with E-state index in [9.17, 15) is 0 Å². The van der Waals surface area contributed by atoms with Crippen molar-refractivity contribution in [1.82, 2.24) is 19.5 Å². The van der Waals surface area contributed by atoms with Gasteiger partial charge in [0, 0.05) is 46.3 Å². The lowest BCUT2D eigenvalue weighted by Gasteiger charge is -2.42. The molecule has 0 fully saturated rings. The van der Waals surface area contributed by atoms with Crippen molar-refractivity contribution in [3.63, 3.8) is 0 Å². The molecule has 4 rings (SSSR count). The molecule has 0 amide bonds. The van der Waals surface area contributed by atoms with Crippen molar-refractivity contribution in [3.05, 3.63) is 48.6 Å². The minimum absolute atomic E-state index is 0.304. The predicted octanol–water partition coefficient (Wildman–Crippen LogP) is 9.52. The molecule has 238 valence electrons. The Balaban J connectivity index is 1.77. The number of benzene rings is 1. The number of hydrogen-bond donors (Lipinski definition) is 0. The first-order valence-electron chi connectivity index (χ1n) is 15.8. The van der Waals surface area contributed by atoms with Gasteiger partial charge in [-0.2, -0.15) is 0 Å². The number of nitrogens with zero attached hydrogens (tertiary/aromatic N) is 4. The first kappa shape index (κ1) is 34.6. The zero-order valence-electron chi connectivity index (χ0n) is 28.2. The van der Waals surface area contributed by atoms with Crippen LogP contribution in [-0.4, -0.2) is 56.8 Å². The van der Waals surface area contributed by atoms with Crippen LogP contribution in [0, 0.1) is 0 Å².